The fourth-order valence-electron chi connectivity index (χ4n) is 3.78. The van der Waals surface area contributed by atoms with Gasteiger partial charge in [-0.05, 0) is 38.1 Å². The first kappa shape index (κ1) is 19.3. The zero-order chi connectivity index (χ0) is 20.6. The molecule has 3 heterocycles. The van der Waals surface area contributed by atoms with Gasteiger partial charge in [0.25, 0.3) is 5.56 Å². The Labute approximate surface area is 166 Å². The minimum atomic E-state index is -0.925. The van der Waals surface area contributed by atoms with Gasteiger partial charge in [0.1, 0.15) is 5.52 Å². The molecule has 0 radical (unpaired) electrons. The van der Waals surface area contributed by atoms with Crippen LogP contribution >= 0.6 is 0 Å². The Hall–Kier alpha value is -3.04. The maximum absolute atomic E-state index is 13.0. The monoisotopic (exact) mass is 397 g/mol. The van der Waals surface area contributed by atoms with Gasteiger partial charge < -0.3 is 15.2 Å². The van der Waals surface area contributed by atoms with Gasteiger partial charge in [-0.3, -0.25) is 14.0 Å². The third kappa shape index (κ3) is 3.54. The Bertz CT molecular complexity index is 1110. The molecule has 0 atom stereocenters. The molecule has 1 fully saturated rings. The minimum Gasteiger partial charge on any atom is -0.465 e. The van der Waals surface area contributed by atoms with E-state index in [1.807, 2.05) is 0 Å². The summed E-state index contributed by atoms with van der Waals surface area (Å²) >= 11 is 0. The summed E-state index contributed by atoms with van der Waals surface area (Å²) in [7, 11) is 3.08. The molecule has 1 aromatic carbocycles. The third-order valence-electron chi connectivity index (χ3n) is 5.39. The van der Waals surface area contributed by atoms with Crippen molar-refractivity contribution in [2.75, 3.05) is 20.2 Å². The Balaban J connectivity index is 1.72. The smallest absolute Gasteiger partial charge is 0.337 e. The van der Waals surface area contributed by atoms with Crippen molar-refractivity contribution in [1.82, 2.24) is 24.6 Å². The number of carbonyl (C=O) groups excluding carboxylic acids is 1. The molecule has 152 valence electrons. The topological polar surface area (TPSA) is 111 Å². The van der Waals surface area contributed by atoms with Crippen molar-refractivity contribution in [3.8, 4) is 11.3 Å². The number of piperidine rings is 1. The van der Waals surface area contributed by atoms with Gasteiger partial charge in [0.05, 0.1) is 36.8 Å². The molecule has 0 unspecified atom stereocenters. The second-order valence-corrected chi connectivity index (χ2v) is 7.39. The molecule has 2 aromatic heterocycles. The fourth-order valence-corrected chi connectivity index (χ4v) is 3.78. The second kappa shape index (κ2) is 7.41. The highest BCUT2D eigenvalue weighted by Crippen LogP contribution is 2.26. The van der Waals surface area contributed by atoms with Crippen molar-refractivity contribution in [1.29, 1.82) is 0 Å². The lowest BCUT2D eigenvalue weighted by atomic mass is 9.92. The lowest BCUT2D eigenvalue weighted by Gasteiger charge is -2.32. The van der Waals surface area contributed by atoms with Gasteiger partial charge in [-0.25, -0.2) is 9.78 Å². The number of benzene rings is 1. The maximum Gasteiger partial charge on any atom is 0.337 e. The molecule has 3 aromatic rings. The summed E-state index contributed by atoms with van der Waals surface area (Å²) < 4.78 is 7.77. The van der Waals surface area contributed by atoms with Gasteiger partial charge in [-0.15, -0.1) is 0 Å². The number of hydrogen-bond donors (Lipinski definition) is 2. The average Bonchev–Trinajstić information content (AvgIpc) is 3.07. The predicted octanol–water partition coefficient (Wildman–Crippen LogP) is 0.698. The highest BCUT2D eigenvalue weighted by molar-refractivity contribution is 5.92. The van der Waals surface area contributed by atoms with Crippen LogP contribution in [0.1, 0.15) is 23.2 Å². The molecule has 1 aliphatic rings. The Morgan fingerprint density at radius 2 is 1.93 bits per heavy atom. The number of methoxy groups -OCH3 is 1. The van der Waals surface area contributed by atoms with E-state index in [4.69, 9.17) is 4.74 Å². The average molecular weight is 397 g/mol. The van der Waals surface area contributed by atoms with Gasteiger partial charge in [-0.2, -0.15) is 5.10 Å². The molecule has 0 spiro atoms. The van der Waals surface area contributed by atoms with Crippen LogP contribution in [-0.4, -0.2) is 56.2 Å². The van der Waals surface area contributed by atoms with E-state index in [1.165, 1.54) is 18.0 Å². The number of aliphatic hydroxyl groups is 1. The number of aromatic nitrogens is 4. The zero-order valence-corrected chi connectivity index (χ0v) is 16.4. The first-order valence-corrected chi connectivity index (χ1v) is 9.46. The number of hydrogen-bond acceptors (Lipinski definition) is 7. The van der Waals surface area contributed by atoms with E-state index in [0.29, 0.717) is 29.6 Å². The normalized spacial score (nSPS) is 16.1. The standard InChI is InChI=1S/C20H23N5O4/c1-24-17(13-3-5-14(6-4-13)19(27)29-2)15-16(23-24)18(26)25(12-22-15)11-20(28)7-9-21-10-8-20/h3-6,12,21,28H,7-11H2,1-2H3. The lowest BCUT2D eigenvalue weighted by molar-refractivity contribution is -0.00629. The molecule has 29 heavy (non-hydrogen) atoms. The molecule has 2 N–H and O–H groups in total. The quantitative estimate of drug-likeness (QED) is 0.623. The van der Waals surface area contributed by atoms with E-state index in [9.17, 15) is 14.7 Å². The number of nitrogens with zero attached hydrogens (tertiary/aromatic N) is 4. The van der Waals surface area contributed by atoms with E-state index in [0.717, 1.165) is 18.7 Å². The van der Waals surface area contributed by atoms with Gasteiger partial charge in [0, 0.05) is 12.6 Å². The van der Waals surface area contributed by atoms with Crippen molar-refractivity contribution in [2.45, 2.75) is 25.0 Å². The van der Waals surface area contributed by atoms with Crippen LogP contribution in [0.5, 0.6) is 0 Å². The molecule has 4 rings (SSSR count). The Kier molecular flexibility index (Phi) is 4.93. The highest BCUT2D eigenvalue weighted by atomic mass is 16.5. The van der Waals surface area contributed by atoms with Gasteiger partial charge >= 0.3 is 5.97 Å². The number of fused-ring (bicyclic) bond motifs is 1. The number of rotatable bonds is 4. The summed E-state index contributed by atoms with van der Waals surface area (Å²) in [6.45, 7) is 1.63. The minimum absolute atomic E-state index is 0.191. The number of nitrogens with one attached hydrogen (secondary N) is 1. The summed E-state index contributed by atoms with van der Waals surface area (Å²) in [5, 5.41) is 18.3. The van der Waals surface area contributed by atoms with Crippen molar-refractivity contribution in [3.05, 3.63) is 46.5 Å². The Morgan fingerprint density at radius 3 is 2.59 bits per heavy atom. The first-order chi connectivity index (χ1) is 13.9. The van der Waals surface area contributed by atoms with E-state index in [-0.39, 0.29) is 17.6 Å². The molecule has 0 saturated carbocycles. The zero-order valence-electron chi connectivity index (χ0n) is 16.4. The summed E-state index contributed by atoms with van der Waals surface area (Å²) in [5.41, 5.74) is 1.43. The molecule has 0 aliphatic carbocycles. The van der Waals surface area contributed by atoms with Crippen LogP contribution in [0.4, 0.5) is 0 Å². The number of esters is 1. The van der Waals surface area contributed by atoms with Gasteiger partial charge in [0.2, 0.25) is 0 Å². The van der Waals surface area contributed by atoms with Crippen LogP contribution < -0.4 is 10.9 Å². The molecular weight excluding hydrogens is 374 g/mol. The summed E-state index contributed by atoms with van der Waals surface area (Å²) in [4.78, 5) is 29.1. The molecule has 0 amide bonds. The number of ether oxygens (including phenoxy) is 1. The summed E-state index contributed by atoms with van der Waals surface area (Å²) in [6, 6.07) is 6.86. The molecule has 1 aliphatic heterocycles. The van der Waals surface area contributed by atoms with Crippen molar-refractivity contribution < 1.29 is 14.6 Å². The second-order valence-electron chi connectivity index (χ2n) is 7.39. The molecular formula is C20H23N5O4. The van der Waals surface area contributed by atoms with E-state index in [2.05, 4.69) is 15.4 Å². The molecule has 0 bridgehead atoms. The number of aryl methyl sites for hydroxylation is 1. The highest BCUT2D eigenvalue weighted by Gasteiger charge is 2.30. The van der Waals surface area contributed by atoms with E-state index < -0.39 is 11.6 Å². The van der Waals surface area contributed by atoms with Crippen LogP contribution in [0.15, 0.2) is 35.4 Å². The van der Waals surface area contributed by atoms with Crippen LogP contribution in [-0.2, 0) is 18.3 Å². The van der Waals surface area contributed by atoms with Crippen molar-refractivity contribution >= 4 is 17.0 Å². The van der Waals surface area contributed by atoms with Crippen LogP contribution in [0.25, 0.3) is 22.3 Å². The molecule has 9 nitrogen and oxygen atoms in total. The SMILES string of the molecule is COC(=O)c1ccc(-c2c3ncn(CC4(O)CCNCC4)c(=O)c3nn2C)cc1. The van der Waals surface area contributed by atoms with Crippen LogP contribution in [0, 0.1) is 0 Å². The van der Waals surface area contributed by atoms with E-state index in [1.54, 1.807) is 36.0 Å². The number of carbonyl (C=O) groups is 1. The largest absolute Gasteiger partial charge is 0.465 e. The van der Waals surface area contributed by atoms with Crippen LogP contribution in [0.3, 0.4) is 0 Å². The first-order valence-electron chi connectivity index (χ1n) is 9.46. The predicted molar refractivity (Wildman–Crippen MR) is 107 cm³/mol. The summed E-state index contributed by atoms with van der Waals surface area (Å²) in [5.74, 6) is -0.414. The maximum atomic E-state index is 13.0. The van der Waals surface area contributed by atoms with Crippen molar-refractivity contribution in [3.63, 3.8) is 0 Å². The third-order valence-corrected chi connectivity index (χ3v) is 5.39. The van der Waals surface area contributed by atoms with Crippen molar-refractivity contribution in [2.24, 2.45) is 7.05 Å². The molecule has 9 heteroatoms. The fraction of sp³-hybridized carbons (Fsp3) is 0.400. The molecule has 1 saturated heterocycles. The van der Waals surface area contributed by atoms with Gasteiger partial charge in [-0.1, -0.05) is 12.1 Å². The lowest BCUT2D eigenvalue weighted by Crippen LogP contribution is -2.46. The summed E-state index contributed by atoms with van der Waals surface area (Å²) in [6.07, 6.45) is 2.63. The van der Waals surface area contributed by atoms with Gasteiger partial charge in [0.15, 0.2) is 5.52 Å². The Morgan fingerprint density at radius 1 is 1.24 bits per heavy atom. The van der Waals surface area contributed by atoms with E-state index >= 15 is 0 Å². The van der Waals surface area contributed by atoms with Crippen LogP contribution in [0.2, 0.25) is 0 Å².